The molecule has 0 radical (unpaired) electrons. The van der Waals surface area contributed by atoms with E-state index in [-0.39, 0.29) is 15.8 Å². The number of carboxylic acid groups (broad SMARTS) is 1. The van der Waals surface area contributed by atoms with E-state index in [2.05, 4.69) is 4.98 Å². The van der Waals surface area contributed by atoms with E-state index in [0.29, 0.717) is 21.6 Å². The van der Waals surface area contributed by atoms with E-state index in [1.807, 2.05) is 38.7 Å². The Hall–Kier alpha value is -2.09. The molecule has 5 nitrogen and oxygen atoms in total. The van der Waals surface area contributed by atoms with Gasteiger partial charge in [0.15, 0.2) is 5.17 Å². The number of aliphatic carboxylic acids is 1. The number of pyridine rings is 1. The van der Waals surface area contributed by atoms with E-state index in [9.17, 15) is 14.3 Å². The molecule has 2 aliphatic heterocycles. The molecule has 0 aliphatic carbocycles. The number of thioether (sulfide) groups is 1. The van der Waals surface area contributed by atoms with Crippen LogP contribution >= 0.6 is 35.0 Å². The van der Waals surface area contributed by atoms with E-state index in [4.69, 9.17) is 28.2 Å². The Kier molecular flexibility index (Phi) is 5.56. The number of benzene rings is 1. The lowest BCUT2D eigenvalue weighted by atomic mass is 9.80. The average molecular weight is 480 g/mol. The fourth-order valence-electron chi connectivity index (χ4n) is 4.23. The summed E-state index contributed by atoms with van der Waals surface area (Å²) >= 11 is 13.1. The normalized spacial score (nSPS) is 22.9. The minimum absolute atomic E-state index is 0.0388. The van der Waals surface area contributed by atoms with Crippen molar-refractivity contribution in [3.63, 3.8) is 0 Å². The lowest BCUT2D eigenvalue weighted by Gasteiger charge is -2.37. The number of carbonyl (C=O) groups is 1. The molecular formula is C22H20Cl2FN3O2S. The molecule has 1 N–H and O–H groups in total. The highest BCUT2D eigenvalue weighted by Crippen LogP contribution is 2.56. The Morgan fingerprint density at radius 1 is 1.32 bits per heavy atom. The summed E-state index contributed by atoms with van der Waals surface area (Å²) in [5.41, 5.74) is 2.07. The zero-order chi connectivity index (χ0) is 22.7. The molecule has 162 valence electrons. The smallest absolute Gasteiger partial charge is 0.344 e. The van der Waals surface area contributed by atoms with Crippen LogP contribution in [0.4, 0.5) is 4.39 Å². The van der Waals surface area contributed by atoms with Crippen LogP contribution in [0.2, 0.25) is 10.2 Å². The first-order valence-corrected chi connectivity index (χ1v) is 11.2. The summed E-state index contributed by atoms with van der Waals surface area (Å²) in [6.45, 7) is 7.68. The number of hydrogen-bond acceptors (Lipinski definition) is 5. The van der Waals surface area contributed by atoms with Crippen molar-refractivity contribution in [1.29, 1.82) is 0 Å². The Balaban J connectivity index is 1.98. The molecule has 3 heterocycles. The third-order valence-corrected chi connectivity index (χ3v) is 7.24. The van der Waals surface area contributed by atoms with Crippen LogP contribution in [0, 0.1) is 18.7 Å². The monoisotopic (exact) mass is 479 g/mol. The minimum Gasteiger partial charge on any atom is -0.477 e. The molecule has 2 atom stereocenters. The molecule has 31 heavy (non-hydrogen) atoms. The Morgan fingerprint density at radius 3 is 2.61 bits per heavy atom. The van der Waals surface area contributed by atoms with E-state index in [0.717, 1.165) is 22.9 Å². The maximum Gasteiger partial charge on any atom is 0.344 e. The standard InChI is InChI=1S/C22H20Cl2FN3O2S/c1-10(2)17-18(20(29)30)31-21-27-22(4,12-5-6-16(24)26-9-12)19(28(17)21)13-8-15(25)14(23)7-11(13)3/h5-10,19H,1-4H3,(H,29,30)/t19-,22+/m1/s1. The number of halogens is 3. The predicted molar refractivity (Wildman–Crippen MR) is 122 cm³/mol. The van der Waals surface area contributed by atoms with Crippen molar-refractivity contribution >= 4 is 46.1 Å². The second kappa shape index (κ2) is 7.80. The maximum atomic E-state index is 14.6. The molecular weight excluding hydrogens is 460 g/mol. The van der Waals surface area contributed by atoms with Crippen LogP contribution in [-0.2, 0) is 10.3 Å². The fraction of sp³-hybridized carbons (Fsp3) is 0.318. The van der Waals surface area contributed by atoms with Gasteiger partial charge in [-0.1, -0.05) is 43.1 Å². The Labute approximate surface area is 194 Å². The topological polar surface area (TPSA) is 65.8 Å². The van der Waals surface area contributed by atoms with Crippen molar-refractivity contribution in [2.75, 3.05) is 0 Å². The van der Waals surface area contributed by atoms with E-state index in [1.165, 1.54) is 6.07 Å². The fourth-order valence-corrected chi connectivity index (χ4v) is 5.81. The molecule has 0 bridgehead atoms. The molecule has 0 fully saturated rings. The first-order valence-electron chi connectivity index (χ1n) is 9.66. The number of carboxylic acids is 1. The lowest BCUT2D eigenvalue weighted by Crippen LogP contribution is -2.36. The molecule has 4 rings (SSSR count). The van der Waals surface area contributed by atoms with Crippen LogP contribution in [-0.4, -0.2) is 26.1 Å². The van der Waals surface area contributed by atoms with Gasteiger partial charge in [-0.05, 0) is 60.9 Å². The second-order valence-corrected chi connectivity index (χ2v) is 9.86. The van der Waals surface area contributed by atoms with Crippen molar-refractivity contribution in [2.24, 2.45) is 10.9 Å². The molecule has 0 spiro atoms. The number of aryl methyl sites for hydroxylation is 1. The summed E-state index contributed by atoms with van der Waals surface area (Å²) in [6, 6.07) is 6.05. The van der Waals surface area contributed by atoms with Gasteiger partial charge in [0.05, 0.1) is 11.1 Å². The van der Waals surface area contributed by atoms with Gasteiger partial charge in [0.2, 0.25) is 0 Å². The zero-order valence-corrected chi connectivity index (χ0v) is 19.6. The number of aliphatic imine (C=N–C) groups is 1. The number of fused-ring (bicyclic) bond motifs is 1. The SMILES string of the molecule is Cc1cc(Cl)c(F)cc1[C@H]1N2C(=N[C@@]1(C)c1ccc(Cl)nc1)SC(C(=O)O)=C2C(C)C. The number of nitrogens with zero attached hydrogens (tertiary/aromatic N) is 3. The van der Waals surface area contributed by atoms with Gasteiger partial charge in [-0.25, -0.2) is 19.2 Å². The van der Waals surface area contributed by atoms with Gasteiger partial charge in [0.25, 0.3) is 0 Å². The second-order valence-electron chi connectivity index (χ2n) is 8.08. The van der Waals surface area contributed by atoms with Crippen LogP contribution in [0.3, 0.4) is 0 Å². The Bertz CT molecular complexity index is 1150. The molecule has 2 aliphatic rings. The van der Waals surface area contributed by atoms with Crippen LogP contribution in [0.25, 0.3) is 0 Å². The summed E-state index contributed by atoms with van der Waals surface area (Å²) in [6.07, 6.45) is 1.66. The maximum absolute atomic E-state index is 14.6. The average Bonchev–Trinajstić information content (AvgIpc) is 3.18. The number of rotatable bonds is 4. The highest BCUT2D eigenvalue weighted by atomic mass is 35.5. The van der Waals surface area contributed by atoms with Crippen molar-refractivity contribution in [2.45, 2.75) is 39.3 Å². The van der Waals surface area contributed by atoms with Gasteiger partial charge < -0.3 is 10.0 Å². The van der Waals surface area contributed by atoms with Crippen molar-refractivity contribution in [3.8, 4) is 0 Å². The zero-order valence-electron chi connectivity index (χ0n) is 17.3. The van der Waals surface area contributed by atoms with Crippen LogP contribution in [0.1, 0.15) is 43.5 Å². The summed E-state index contributed by atoms with van der Waals surface area (Å²) in [5.74, 6) is -1.62. The number of hydrogen-bond donors (Lipinski definition) is 1. The predicted octanol–water partition coefficient (Wildman–Crippen LogP) is 6.16. The van der Waals surface area contributed by atoms with Crippen molar-refractivity contribution in [1.82, 2.24) is 9.88 Å². The van der Waals surface area contributed by atoms with Gasteiger partial charge >= 0.3 is 5.97 Å². The van der Waals surface area contributed by atoms with Gasteiger partial charge in [-0.15, -0.1) is 0 Å². The molecule has 2 aromatic rings. The van der Waals surface area contributed by atoms with E-state index >= 15 is 0 Å². The summed E-state index contributed by atoms with van der Waals surface area (Å²) in [5, 5.41) is 10.8. The van der Waals surface area contributed by atoms with Crippen LogP contribution < -0.4 is 0 Å². The lowest BCUT2D eigenvalue weighted by molar-refractivity contribution is -0.131. The van der Waals surface area contributed by atoms with Gasteiger partial charge in [-0.3, -0.25) is 0 Å². The molecule has 1 aromatic heterocycles. The van der Waals surface area contributed by atoms with Gasteiger partial charge in [-0.2, -0.15) is 0 Å². The summed E-state index contributed by atoms with van der Waals surface area (Å²) < 4.78 is 14.6. The minimum atomic E-state index is -1.00. The third-order valence-electron chi connectivity index (χ3n) is 5.67. The van der Waals surface area contributed by atoms with Crippen molar-refractivity contribution < 1.29 is 14.3 Å². The van der Waals surface area contributed by atoms with Gasteiger partial charge in [0.1, 0.15) is 21.4 Å². The number of allylic oxidation sites excluding steroid dienone is 1. The number of aromatic nitrogens is 1. The molecule has 0 saturated heterocycles. The van der Waals surface area contributed by atoms with E-state index < -0.39 is 23.4 Å². The third kappa shape index (κ3) is 3.52. The van der Waals surface area contributed by atoms with E-state index in [1.54, 1.807) is 18.3 Å². The molecule has 9 heteroatoms. The highest BCUT2D eigenvalue weighted by molar-refractivity contribution is 8.18. The highest BCUT2D eigenvalue weighted by Gasteiger charge is 2.53. The quantitative estimate of drug-likeness (QED) is 0.531. The molecule has 1 aromatic carbocycles. The molecule has 0 unspecified atom stereocenters. The van der Waals surface area contributed by atoms with Crippen LogP contribution in [0.5, 0.6) is 0 Å². The largest absolute Gasteiger partial charge is 0.477 e. The van der Waals surface area contributed by atoms with Gasteiger partial charge in [0, 0.05) is 17.5 Å². The Morgan fingerprint density at radius 2 is 2.03 bits per heavy atom. The summed E-state index contributed by atoms with van der Waals surface area (Å²) in [4.78, 5) is 23.3. The first-order chi connectivity index (χ1) is 14.5. The molecule has 0 saturated carbocycles. The summed E-state index contributed by atoms with van der Waals surface area (Å²) in [7, 11) is 0. The van der Waals surface area contributed by atoms with Crippen molar-refractivity contribution in [3.05, 3.63) is 73.7 Å². The molecule has 0 amide bonds. The first kappa shape index (κ1) is 22.1. The van der Waals surface area contributed by atoms with Crippen LogP contribution in [0.15, 0.2) is 46.1 Å². The number of amidine groups is 1.